The van der Waals surface area contributed by atoms with Crippen molar-refractivity contribution in [3.05, 3.63) is 84.2 Å². The fourth-order valence-corrected chi connectivity index (χ4v) is 3.14. The second-order valence-corrected chi connectivity index (χ2v) is 7.17. The number of hydrogen-bond acceptors (Lipinski definition) is 6. The van der Waals surface area contributed by atoms with Gasteiger partial charge in [0.25, 0.3) is 0 Å². The van der Waals surface area contributed by atoms with Gasteiger partial charge in [-0.15, -0.1) is 0 Å². The molecule has 180 valence electrons. The van der Waals surface area contributed by atoms with Crippen molar-refractivity contribution in [2.45, 2.75) is 12.4 Å². The molecule has 0 saturated carbocycles. The molecule has 0 fully saturated rings. The molecule has 35 heavy (non-hydrogen) atoms. The number of nitrogen functional groups attached to an aromatic ring is 1. The topological polar surface area (TPSA) is 86.0 Å². The first-order chi connectivity index (χ1) is 16.5. The first kappa shape index (κ1) is 23.8. The number of anilines is 3. The average Bonchev–Trinajstić information content (AvgIpc) is 2.79. The lowest BCUT2D eigenvalue weighted by Crippen LogP contribution is -2.08. The van der Waals surface area contributed by atoms with Crippen molar-refractivity contribution in [3.8, 4) is 22.8 Å². The van der Waals surface area contributed by atoms with Crippen LogP contribution in [0.5, 0.6) is 11.5 Å². The van der Waals surface area contributed by atoms with E-state index >= 15 is 0 Å². The first-order valence-electron chi connectivity index (χ1n) is 9.88. The van der Waals surface area contributed by atoms with Crippen LogP contribution in [0.3, 0.4) is 0 Å². The van der Waals surface area contributed by atoms with Crippen molar-refractivity contribution in [3.63, 3.8) is 0 Å². The number of hydrogen-bond donors (Lipinski definition) is 2. The summed E-state index contributed by atoms with van der Waals surface area (Å²) in [6, 6.07) is 14.4. The predicted octanol–water partition coefficient (Wildman–Crippen LogP) is 6.69. The van der Waals surface area contributed by atoms with Crippen LogP contribution in [-0.4, -0.2) is 15.0 Å². The van der Waals surface area contributed by atoms with Crippen LogP contribution in [0, 0.1) is 0 Å². The smallest absolute Gasteiger partial charge is 0.433 e. The zero-order chi connectivity index (χ0) is 25.2. The number of benzene rings is 2. The van der Waals surface area contributed by atoms with Crippen LogP contribution in [0.25, 0.3) is 11.3 Å². The van der Waals surface area contributed by atoms with Crippen LogP contribution < -0.4 is 15.8 Å². The zero-order valence-electron chi connectivity index (χ0n) is 17.5. The molecule has 0 aliphatic rings. The SMILES string of the molecule is Nc1nc(Nc2ccc(Oc3ccnc(C(F)(F)F)c3)cc2)cc(-c2ccccc2C(F)(F)F)n1. The van der Waals surface area contributed by atoms with Gasteiger partial charge in [0.1, 0.15) is 23.0 Å². The quantitative estimate of drug-likeness (QED) is 0.303. The van der Waals surface area contributed by atoms with E-state index < -0.39 is 23.6 Å². The van der Waals surface area contributed by atoms with Gasteiger partial charge in [0.15, 0.2) is 0 Å². The van der Waals surface area contributed by atoms with Crippen LogP contribution in [0.2, 0.25) is 0 Å². The Bertz CT molecular complexity index is 1340. The van der Waals surface area contributed by atoms with E-state index in [4.69, 9.17) is 10.5 Å². The molecule has 4 aromatic rings. The lowest BCUT2D eigenvalue weighted by Gasteiger charge is -2.14. The largest absolute Gasteiger partial charge is 0.457 e. The van der Waals surface area contributed by atoms with Gasteiger partial charge in [0.2, 0.25) is 5.95 Å². The van der Waals surface area contributed by atoms with E-state index in [0.29, 0.717) is 5.69 Å². The van der Waals surface area contributed by atoms with E-state index in [-0.39, 0.29) is 34.5 Å². The normalized spacial score (nSPS) is 11.8. The third-order valence-corrected chi connectivity index (χ3v) is 4.64. The molecule has 4 rings (SSSR count). The van der Waals surface area contributed by atoms with Crippen LogP contribution in [0.15, 0.2) is 72.9 Å². The van der Waals surface area contributed by atoms with Crippen LogP contribution >= 0.6 is 0 Å². The summed E-state index contributed by atoms with van der Waals surface area (Å²) in [6.07, 6.45) is -8.20. The highest BCUT2D eigenvalue weighted by Gasteiger charge is 2.34. The summed E-state index contributed by atoms with van der Waals surface area (Å²) < 4.78 is 84.1. The summed E-state index contributed by atoms with van der Waals surface area (Å²) in [6.45, 7) is 0. The molecule has 0 radical (unpaired) electrons. The van der Waals surface area contributed by atoms with Gasteiger partial charge in [-0.05, 0) is 36.4 Å². The molecule has 0 atom stereocenters. The molecule has 0 spiro atoms. The standard InChI is InChI=1S/C23H15F6N5O/c24-22(25,26)17-4-2-1-3-16(17)18-12-20(34-21(30)33-18)32-13-5-7-14(8-6-13)35-15-9-10-31-19(11-15)23(27,28)29/h1-12H,(H3,30,32,33,34). The Morgan fingerprint density at radius 1 is 0.771 bits per heavy atom. The summed E-state index contributed by atoms with van der Waals surface area (Å²) in [4.78, 5) is 11.2. The molecule has 0 bridgehead atoms. The Morgan fingerprint density at radius 3 is 2.17 bits per heavy atom. The van der Waals surface area contributed by atoms with Gasteiger partial charge in [-0.3, -0.25) is 4.98 Å². The number of aromatic nitrogens is 3. The Labute approximate surface area is 194 Å². The molecule has 0 saturated heterocycles. The number of nitrogens with one attached hydrogen (secondary N) is 1. The highest BCUT2D eigenvalue weighted by atomic mass is 19.4. The molecule has 2 aromatic heterocycles. The summed E-state index contributed by atoms with van der Waals surface area (Å²) in [5, 5.41) is 2.91. The molecule has 2 heterocycles. The maximum absolute atomic E-state index is 13.4. The van der Waals surface area contributed by atoms with Crippen LogP contribution in [0.4, 0.5) is 43.8 Å². The van der Waals surface area contributed by atoms with Crippen molar-refractivity contribution in [2.24, 2.45) is 0 Å². The number of alkyl halides is 6. The van der Waals surface area contributed by atoms with Crippen LogP contribution in [0.1, 0.15) is 11.3 Å². The predicted molar refractivity (Wildman–Crippen MR) is 116 cm³/mol. The highest BCUT2D eigenvalue weighted by Crippen LogP contribution is 2.37. The maximum Gasteiger partial charge on any atom is 0.433 e. The zero-order valence-corrected chi connectivity index (χ0v) is 17.5. The lowest BCUT2D eigenvalue weighted by molar-refractivity contribution is -0.141. The maximum atomic E-state index is 13.4. The summed E-state index contributed by atoms with van der Waals surface area (Å²) in [5.41, 5.74) is 4.05. The van der Waals surface area contributed by atoms with Crippen molar-refractivity contribution in [1.82, 2.24) is 15.0 Å². The van der Waals surface area contributed by atoms with Gasteiger partial charge in [-0.2, -0.15) is 31.3 Å². The fourth-order valence-electron chi connectivity index (χ4n) is 3.14. The van der Waals surface area contributed by atoms with E-state index in [1.807, 2.05) is 0 Å². The molecule has 6 nitrogen and oxygen atoms in total. The summed E-state index contributed by atoms with van der Waals surface area (Å²) >= 11 is 0. The minimum absolute atomic E-state index is 0.0222. The molecule has 0 aliphatic carbocycles. The molecule has 3 N–H and O–H groups in total. The molecular formula is C23H15F6N5O. The third kappa shape index (κ3) is 5.78. The Balaban J connectivity index is 1.54. The Hall–Kier alpha value is -4.35. The minimum Gasteiger partial charge on any atom is -0.457 e. The fraction of sp³-hybridized carbons (Fsp3) is 0.0870. The molecule has 0 unspecified atom stereocenters. The van der Waals surface area contributed by atoms with Crippen molar-refractivity contribution in [2.75, 3.05) is 11.1 Å². The van der Waals surface area contributed by atoms with E-state index in [1.54, 1.807) is 12.1 Å². The number of rotatable bonds is 5. The molecule has 12 heteroatoms. The number of nitrogens with zero attached hydrogens (tertiary/aromatic N) is 3. The van der Waals surface area contributed by atoms with Crippen molar-refractivity contribution < 1.29 is 31.1 Å². The lowest BCUT2D eigenvalue weighted by atomic mass is 10.0. The van der Waals surface area contributed by atoms with Crippen molar-refractivity contribution >= 4 is 17.5 Å². The number of nitrogens with two attached hydrogens (primary N) is 1. The monoisotopic (exact) mass is 491 g/mol. The molecular weight excluding hydrogens is 476 g/mol. The van der Waals surface area contributed by atoms with Gasteiger partial charge in [-0.1, -0.05) is 18.2 Å². The Morgan fingerprint density at radius 2 is 1.49 bits per heavy atom. The van der Waals surface area contributed by atoms with E-state index in [0.717, 1.165) is 18.3 Å². The summed E-state index contributed by atoms with van der Waals surface area (Å²) in [5.74, 6) is 0.101. The first-order valence-corrected chi connectivity index (χ1v) is 9.88. The van der Waals surface area contributed by atoms with Crippen LogP contribution in [-0.2, 0) is 12.4 Å². The molecule has 2 aromatic carbocycles. The van der Waals surface area contributed by atoms with E-state index in [2.05, 4.69) is 20.3 Å². The van der Waals surface area contributed by atoms with Gasteiger partial charge >= 0.3 is 12.4 Å². The highest BCUT2D eigenvalue weighted by molar-refractivity contribution is 5.70. The molecule has 0 amide bonds. The van der Waals surface area contributed by atoms with E-state index in [9.17, 15) is 26.3 Å². The summed E-state index contributed by atoms with van der Waals surface area (Å²) in [7, 11) is 0. The Kier molecular flexibility index (Phi) is 6.20. The minimum atomic E-state index is -4.61. The second-order valence-electron chi connectivity index (χ2n) is 7.17. The molecule has 0 aliphatic heterocycles. The average molecular weight is 491 g/mol. The number of ether oxygens (including phenoxy) is 1. The number of pyridine rings is 1. The second kappa shape index (κ2) is 9.12. The van der Waals surface area contributed by atoms with Gasteiger partial charge < -0.3 is 15.8 Å². The van der Waals surface area contributed by atoms with Crippen molar-refractivity contribution in [1.29, 1.82) is 0 Å². The van der Waals surface area contributed by atoms with Gasteiger partial charge in [0, 0.05) is 29.6 Å². The van der Waals surface area contributed by atoms with Gasteiger partial charge in [0.05, 0.1) is 11.3 Å². The van der Waals surface area contributed by atoms with E-state index in [1.165, 1.54) is 42.5 Å². The van der Waals surface area contributed by atoms with Gasteiger partial charge in [-0.25, -0.2) is 4.98 Å². The number of halogens is 6. The third-order valence-electron chi connectivity index (χ3n) is 4.64.